The first-order valence-electron chi connectivity index (χ1n) is 11.5. The fraction of sp³-hybridized carbons (Fsp3) is 0.760. The Morgan fingerprint density at radius 1 is 1.14 bits per heavy atom. The molecule has 0 aromatic heterocycles. The maximum absolute atomic E-state index is 12.0. The molecule has 28 heavy (non-hydrogen) atoms. The molecule has 6 unspecified atom stereocenters. The SMILES string of the molecule is CCOC(=O)/C=C/CC1CCC2C3CCC4=CC(=O)CCC4(C)C3CCC12C. The lowest BCUT2D eigenvalue weighted by molar-refractivity contribution is -0.137. The van der Waals surface area contributed by atoms with Crippen molar-refractivity contribution in [2.24, 2.45) is 34.5 Å². The minimum absolute atomic E-state index is 0.211. The first-order valence-corrected chi connectivity index (χ1v) is 11.5. The average Bonchev–Trinajstić information content (AvgIpc) is 2.99. The summed E-state index contributed by atoms with van der Waals surface area (Å²) < 4.78 is 5.02. The van der Waals surface area contributed by atoms with Crippen LogP contribution in [-0.2, 0) is 14.3 Å². The van der Waals surface area contributed by atoms with Crippen LogP contribution < -0.4 is 0 Å². The zero-order chi connectivity index (χ0) is 19.9. The van der Waals surface area contributed by atoms with E-state index >= 15 is 0 Å². The third-order valence-corrected chi connectivity index (χ3v) is 9.12. The molecule has 0 aromatic carbocycles. The predicted molar refractivity (Wildman–Crippen MR) is 111 cm³/mol. The summed E-state index contributed by atoms with van der Waals surface area (Å²) in [7, 11) is 0. The highest BCUT2D eigenvalue weighted by atomic mass is 16.5. The van der Waals surface area contributed by atoms with Crippen LogP contribution >= 0.6 is 0 Å². The molecular weight excluding hydrogens is 348 g/mol. The van der Waals surface area contributed by atoms with Crippen LogP contribution in [0.1, 0.15) is 78.6 Å². The van der Waals surface area contributed by atoms with Crippen LogP contribution in [0.5, 0.6) is 0 Å². The summed E-state index contributed by atoms with van der Waals surface area (Å²) in [6.07, 6.45) is 16.1. The Balaban J connectivity index is 1.49. The van der Waals surface area contributed by atoms with Crippen LogP contribution in [-0.4, -0.2) is 18.4 Å². The second-order valence-electron chi connectivity index (χ2n) is 10.2. The molecule has 0 bridgehead atoms. The van der Waals surface area contributed by atoms with Crippen LogP contribution in [0.3, 0.4) is 0 Å². The van der Waals surface area contributed by atoms with Crippen molar-refractivity contribution in [3.8, 4) is 0 Å². The number of rotatable bonds is 4. The molecule has 4 aliphatic carbocycles. The van der Waals surface area contributed by atoms with Crippen LogP contribution in [0.2, 0.25) is 0 Å². The smallest absolute Gasteiger partial charge is 0.330 e. The number of hydrogen-bond donors (Lipinski definition) is 0. The summed E-state index contributed by atoms with van der Waals surface area (Å²) in [4.78, 5) is 23.6. The number of ketones is 1. The maximum Gasteiger partial charge on any atom is 0.330 e. The van der Waals surface area contributed by atoms with Crippen molar-refractivity contribution in [2.75, 3.05) is 6.61 Å². The minimum atomic E-state index is -0.211. The van der Waals surface area contributed by atoms with Crippen LogP contribution in [0.25, 0.3) is 0 Å². The van der Waals surface area contributed by atoms with Crippen molar-refractivity contribution in [1.29, 1.82) is 0 Å². The van der Waals surface area contributed by atoms with Gasteiger partial charge >= 0.3 is 5.97 Å². The van der Waals surface area contributed by atoms with Crippen molar-refractivity contribution >= 4 is 11.8 Å². The number of hydrogen-bond acceptors (Lipinski definition) is 3. The van der Waals surface area contributed by atoms with Gasteiger partial charge in [-0.05, 0) is 98.9 Å². The van der Waals surface area contributed by atoms with Crippen molar-refractivity contribution in [3.05, 3.63) is 23.8 Å². The number of allylic oxidation sites excluding steroid dienone is 2. The third kappa shape index (κ3) is 3.19. The quantitative estimate of drug-likeness (QED) is 0.465. The molecule has 6 atom stereocenters. The van der Waals surface area contributed by atoms with E-state index in [4.69, 9.17) is 4.74 Å². The molecule has 0 amide bonds. The molecule has 0 saturated heterocycles. The number of carbonyl (C=O) groups is 2. The van der Waals surface area contributed by atoms with Gasteiger partial charge in [-0.3, -0.25) is 4.79 Å². The predicted octanol–water partition coefficient (Wildman–Crippen LogP) is 5.64. The summed E-state index contributed by atoms with van der Waals surface area (Å²) >= 11 is 0. The molecular formula is C25H36O3. The summed E-state index contributed by atoms with van der Waals surface area (Å²) in [6, 6.07) is 0. The molecule has 3 nitrogen and oxygen atoms in total. The van der Waals surface area contributed by atoms with Gasteiger partial charge < -0.3 is 4.74 Å². The van der Waals surface area contributed by atoms with Gasteiger partial charge in [-0.25, -0.2) is 4.79 Å². The molecule has 0 radical (unpaired) electrons. The first kappa shape index (κ1) is 19.9. The van der Waals surface area contributed by atoms with Crippen molar-refractivity contribution in [2.45, 2.75) is 78.6 Å². The number of fused-ring (bicyclic) bond motifs is 5. The van der Waals surface area contributed by atoms with E-state index in [0.29, 0.717) is 23.7 Å². The summed E-state index contributed by atoms with van der Waals surface area (Å²) in [5, 5.41) is 0. The van der Waals surface area contributed by atoms with E-state index in [2.05, 4.69) is 19.9 Å². The van der Waals surface area contributed by atoms with Gasteiger partial charge in [0.1, 0.15) is 0 Å². The van der Waals surface area contributed by atoms with Gasteiger partial charge in [0.25, 0.3) is 0 Å². The number of carbonyl (C=O) groups excluding carboxylic acids is 2. The second kappa shape index (κ2) is 7.46. The van der Waals surface area contributed by atoms with Gasteiger partial charge in [-0.1, -0.05) is 25.5 Å². The van der Waals surface area contributed by atoms with Crippen molar-refractivity contribution < 1.29 is 14.3 Å². The van der Waals surface area contributed by atoms with Gasteiger partial charge in [0.05, 0.1) is 6.61 Å². The fourth-order valence-corrected chi connectivity index (χ4v) is 7.57. The van der Waals surface area contributed by atoms with Crippen LogP contribution in [0.4, 0.5) is 0 Å². The highest BCUT2D eigenvalue weighted by Crippen LogP contribution is 2.67. The molecule has 0 aliphatic heterocycles. The molecule has 4 rings (SSSR count). The summed E-state index contributed by atoms with van der Waals surface area (Å²) in [5.74, 6) is 3.20. The molecule has 154 valence electrons. The van der Waals surface area contributed by atoms with E-state index in [1.165, 1.54) is 37.7 Å². The van der Waals surface area contributed by atoms with Crippen molar-refractivity contribution in [1.82, 2.24) is 0 Å². The molecule has 0 N–H and O–H groups in total. The van der Waals surface area contributed by atoms with Gasteiger partial charge in [0, 0.05) is 12.5 Å². The molecule has 4 aliphatic rings. The standard InChI is InChI=1S/C25H36O3/c1-4-28-23(27)7-5-6-17-9-11-21-20-10-8-18-16-19(26)12-14-25(18,3)22(20)13-15-24(17,21)2/h5,7,16-17,20-22H,4,6,8-15H2,1-3H3/b7-5+. The Morgan fingerprint density at radius 2 is 1.96 bits per heavy atom. The molecule has 0 heterocycles. The highest BCUT2D eigenvalue weighted by molar-refractivity contribution is 5.91. The zero-order valence-electron chi connectivity index (χ0n) is 17.8. The van der Waals surface area contributed by atoms with Crippen LogP contribution in [0.15, 0.2) is 23.8 Å². The highest BCUT2D eigenvalue weighted by Gasteiger charge is 2.58. The molecule has 3 saturated carbocycles. The van der Waals surface area contributed by atoms with Gasteiger partial charge in [-0.15, -0.1) is 0 Å². The van der Waals surface area contributed by atoms with E-state index in [-0.39, 0.29) is 11.4 Å². The lowest BCUT2D eigenvalue weighted by Gasteiger charge is -2.58. The van der Waals surface area contributed by atoms with Gasteiger partial charge in [0.15, 0.2) is 5.78 Å². The molecule has 0 spiro atoms. The molecule has 0 aromatic rings. The Hall–Kier alpha value is -1.38. The number of esters is 1. The first-order chi connectivity index (χ1) is 13.4. The Labute approximate surface area is 170 Å². The fourth-order valence-electron chi connectivity index (χ4n) is 7.57. The van der Waals surface area contributed by atoms with E-state index in [1.54, 1.807) is 6.08 Å². The summed E-state index contributed by atoms with van der Waals surface area (Å²) in [6.45, 7) is 7.28. The lowest BCUT2D eigenvalue weighted by Crippen LogP contribution is -2.50. The Bertz CT molecular complexity index is 705. The second-order valence-corrected chi connectivity index (χ2v) is 10.2. The Kier molecular flexibility index (Phi) is 5.31. The zero-order valence-corrected chi connectivity index (χ0v) is 17.8. The minimum Gasteiger partial charge on any atom is -0.463 e. The van der Waals surface area contributed by atoms with E-state index in [9.17, 15) is 9.59 Å². The number of ether oxygens (including phenoxy) is 1. The molecule has 3 fully saturated rings. The summed E-state index contributed by atoms with van der Waals surface area (Å²) in [5.41, 5.74) is 2.13. The third-order valence-electron chi connectivity index (χ3n) is 9.12. The average molecular weight is 385 g/mol. The van der Waals surface area contributed by atoms with E-state index in [0.717, 1.165) is 43.4 Å². The largest absolute Gasteiger partial charge is 0.463 e. The maximum atomic E-state index is 12.0. The van der Waals surface area contributed by atoms with E-state index in [1.807, 2.05) is 13.0 Å². The lowest BCUT2D eigenvalue weighted by atomic mass is 9.47. The topological polar surface area (TPSA) is 43.4 Å². The molecule has 3 heteroatoms. The van der Waals surface area contributed by atoms with Crippen molar-refractivity contribution in [3.63, 3.8) is 0 Å². The monoisotopic (exact) mass is 384 g/mol. The van der Waals surface area contributed by atoms with Gasteiger partial charge in [-0.2, -0.15) is 0 Å². The van der Waals surface area contributed by atoms with Crippen LogP contribution in [0, 0.1) is 34.5 Å². The normalized spacial score (nSPS) is 42.5. The Morgan fingerprint density at radius 3 is 2.75 bits per heavy atom. The van der Waals surface area contributed by atoms with Gasteiger partial charge in [0.2, 0.25) is 0 Å². The van der Waals surface area contributed by atoms with E-state index < -0.39 is 0 Å².